The first kappa shape index (κ1) is 19.0. The fraction of sp³-hybridized carbons (Fsp3) is 0.588. The van der Waals surface area contributed by atoms with E-state index < -0.39 is 0 Å². The second-order valence-electron chi connectivity index (χ2n) is 6.21. The molecule has 6 heteroatoms. The molecular weight excluding hydrogens is 348 g/mol. The summed E-state index contributed by atoms with van der Waals surface area (Å²) in [5, 5.41) is 0. The Hall–Kier alpha value is -0.360. The fourth-order valence-electron chi connectivity index (χ4n) is 3.14. The first-order valence-electron chi connectivity index (χ1n) is 8.03. The molecule has 1 aromatic rings. The highest BCUT2D eigenvalue weighted by Gasteiger charge is 2.26. The normalized spacial score (nSPS) is 23.4. The summed E-state index contributed by atoms with van der Waals surface area (Å²) in [6.45, 7) is 3.70. The molecule has 0 spiro atoms. The average molecular weight is 373 g/mol. The van der Waals surface area contributed by atoms with Crippen LogP contribution in [-0.4, -0.2) is 41.4 Å². The summed E-state index contributed by atoms with van der Waals surface area (Å²) in [7, 11) is 0. The maximum absolute atomic E-state index is 12.7. The molecule has 2 N–H and O–H groups in total. The van der Waals surface area contributed by atoms with Crippen molar-refractivity contribution in [1.29, 1.82) is 0 Å². The van der Waals surface area contributed by atoms with Crippen LogP contribution in [0.2, 0.25) is 0 Å². The summed E-state index contributed by atoms with van der Waals surface area (Å²) in [6, 6.07) is 8.39. The first-order chi connectivity index (χ1) is 10.6. The lowest BCUT2D eigenvalue weighted by molar-refractivity contribution is 0.0661. The molecule has 2 saturated heterocycles. The number of rotatable bonds is 3. The van der Waals surface area contributed by atoms with E-state index in [2.05, 4.69) is 12.1 Å². The van der Waals surface area contributed by atoms with Gasteiger partial charge in [0, 0.05) is 36.2 Å². The largest absolute Gasteiger partial charge is 0.338 e. The topological polar surface area (TPSA) is 46.3 Å². The lowest BCUT2D eigenvalue weighted by Crippen LogP contribution is -2.45. The van der Waals surface area contributed by atoms with Gasteiger partial charge in [0.05, 0.1) is 4.58 Å². The van der Waals surface area contributed by atoms with Crippen molar-refractivity contribution < 1.29 is 4.79 Å². The molecule has 2 aliphatic rings. The van der Waals surface area contributed by atoms with Crippen LogP contribution in [0, 0.1) is 5.92 Å². The number of carbonyl (C=O) groups is 1. The van der Waals surface area contributed by atoms with Crippen molar-refractivity contribution in [3.63, 3.8) is 0 Å². The minimum Gasteiger partial charge on any atom is -0.338 e. The lowest BCUT2D eigenvalue weighted by Gasteiger charge is -2.34. The van der Waals surface area contributed by atoms with Crippen LogP contribution in [0.25, 0.3) is 0 Å². The molecule has 3 nitrogen and oxygen atoms in total. The van der Waals surface area contributed by atoms with Crippen LogP contribution >= 0.6 is 35.9 Å². The number of hydrogen-bond donors (Lipinski definition) is 1. The molecule has 3 rings (SSSR count). The van der Waals surface area contributed by atoms with Gasteiger partial charge in [0.2, 0.25) is 0 Å². The number of halogens is 1. The molecule has 1 aromatic carbocycles. The number of thioether (sulfide) groups is 2. The molecule has 23 heavy (non-hydrogen) atoms. The predicted molar refractivity (Wildman–Crippen MR) is 104 cm³/mol. The number of nitrogens with two attached hydrogens (primary N) is 1. The van der Waals surface area contributed by atoms with Gasteiger partial charge >= 0.3 is 0 Å². The highest BCUT2D eigenvalue weighted by molar-refractivity contribution is 8.19. The predicted octanol–water partition coefficient (Wildman–Crippen LogP) is 3.79. The van der Waals surface area contributed by atoms with Gasteiger partial charge in [0.15, 0.2) is 0 Å². The molecule has 0 radical (unpaired) electrons. The minimum atomic E-state index is 0. The van der Waals surface area contributed by atoms with Crippen molar-refractivity contribution >= 4 is 41.8 Å². The van der Waals surface area contributed by atoms with Crippen molar-refractivity contribution in [2.45, 2.75) is 30.4 Å². The van der Waals surface area contributed by atoms with E-state index in [1.807, 2.05) is 47.5 Å². The summed E-state index contributed by atoms with van der Waals surface area (Å²) in [5.41, 5.74) is 8.15. The Bertz CT molecular complexity index is 518. The molecular formula is C17H25ClN2OS2. The van der Waals surface area contributed by atoms with Crippen molar-refractivity contribution in [2.24, 2.45) is 11.7 Å². The molecule has 2 heterocycles. The highest BCUT2D eigenvalue weighted by atomic mass is 35.5. The van der Waals surface area contributed by atoms with Crippen LogP contribution in [0.4, 0.5) is 0 Å². The Morgan fingerprint density at radius 3 is 2.52 bits per heavy atom. The summed E-state index contributed by atoms with van der Waals surface area (Å²) in [5.74, 6) is 3.04. The van der Waals surface area contributed by atoms with E-state index in [0.717, 1.165) is 31.5 Å². The van der Waals surface area contributed by atoms with E-state index in [1.54, 1.807) is 0 Å². The summed E-state index contributed by atoms with van der Waals surface area (Å²) >= 11 is 3.99. The Kier molecular flexibility index (Phi) is 7.14. The smallest absolute Gasteiger partial charge is 0.253 e. The molecule has 0 saturated carbocycles. The van der Waals surface area contributed by atoms with Crippen molar-refractivity contribution in [1.82, 2.24) is 4.90 Å². The Morgan fingerprint density at radius 1 is 1.26 bits per heavy atom. The minimum absolute atomic E-state index is 0. The summed E-state index contributed by atoms with van der Waals surface area (Å²) < 4.78 is 0.543. The number of carbonyl (C=O) groups excluding carboxylic acids is 1. The molecule has 2 aliphatic heterocycles. The number of hydrogen-bond acceptors (Lipinski definition) is 4. The zero-order valence-corrected chi connectivity index (χ0v) is 15.9. The Balaban J connectivity index is 0.00000192. The third-order valence-corrected chi connectivity index (χ3v) is 7.64. The zero-order chi connectivity index (χ0) is 15.5. The van der Waals surface area contributed by atoms with Crippen LogP contribution in [0.1, 0.15) is 40.3 Å². The second-order valence-corrected chi connectivity index (χ2v) is 8.93. The SMILES string of the molecule is CC(N)C1CCCN(C(=O)c2ccc(C3SCCS3)cc2)C1.Cl. The second kappa shape index (κ2) is 8.65. The van der Waals surface area contributed by atoms with Gasteiger partial charge in [0.1, 0.15) is 0 Å². The molecule has 128 valence electrons. The van der Waals surface area contributed by atoms with Gasteiger partial charge in [-0.25, -0.2) is 0 Å². The van der Waals surface area contributed by atoms with E-state index in [9.17, 15) is 4.79 Å². The fourth-order valence-corrected chi connectivity index (χ4v) is 6.00. The van der Waals surface area contributed by atoms with Crippen LogP contribution in [0.3, 0.4) is 0 Å². The number of benzene rings is 1. The first-order valence-corrected chi connectivity index (χ1v) is 10.1. The molecule has 2 fully saturated rings. The molecule has 2 atom stereocenters. The number of likely N-dealkylation sites (tertiary alicyclic amines) is 1. The number of nitrogens with zero attached hydrogens (tertiary/aromatic N) is 1. The molecule has 0 aromatic heterocycles. The van der Waals surface area contributed by atoms with Gasteiger partial charge in [-0.3, -0.25) is 4.79 Å². The lowest BCUT2D eigenvalue weighted by atomic mass is 9.92. The highest BCUT2D eigenvalue weighted by Crippen LogP contribution is 2.45. The Morgan fingerprint density at radius 2 is 1.91 bits per heavy atom. The van der Waals surface area contributed by atoms with E-state index >= 15 is 0 Å². The quantitative estimate of drug-likeness (QED) is 0.876. The molecule has 1 amide bonds. The van der Waals surface area contributed by atoms with Gasteiger partial charge in [-0.15, -0.1) is 35.9 Å². The standard InChI is InChI=1S/C17H24N2OS2.ClH/c1-12(18)15-3-2-8-19(11-15)16(20)13-4-6-14(7-5-13)17-21-9-10-22-17;/h4-7,12,15,17H,2-3,8-11,18H2,1H3;1H. The maximum atomic E-state index is 12.7. The van der Waals surface area contributed by atoms with Crippen molar-refractivity contribution in [3.8, 4) is 0 Å². The van der Waals surface area contributed by atoms with Gasteiger partial charge in [-0.2, -0.15) is 0 Å². The van der Waals surface area contributed by atoms with Gasteiger partial charge in [0.25, 0.3) is 5.91 Å². The molecule has 2 unspecified atom stereocenters. The van der Waals surface area contributed by atoms with Crippen molar-refractivity contribution in [3.05, 3.63) is 35.4 Å². The van der Waals surface area contributed by atoms with Crippen molar-refractivity contribution in [2.75, 3.05) is 24.6 Å². The Labute approximate surface area is 153 Å². The van der Waals surface area contributed by atoms with Crippen LogP contribution in [0.15, 0.2) is 24.3 Å². The summed E-state index contributed by atoms with van der Waals surface area (Å²) in [6.07, 6.45) is 2.20. The van der Waals surface area contributed by atoms with Crippen LogP contribution in [-0.2, 0) is 0 Å². The third kappa shape index (κ3) is 4.59. The number of amides is 1. The van der Waals surface area contributed by atoms with E-state index in [1.165, 1.54) is 17.1 Å². The van der Waals surface area contributed by atoms with E-state index in [-0.39, 0.29) is 24.4 Å². The van der Waals surface area contributed by atoms with Crippen LogP contribution in [0.5, 0.6) is 0 Å². The van der Waals surface area contributed by atoms with E-state index in [4.69, 9.17) is 5.73 Å². The number of piperidine rings is 1. The van der Waals surface area contributed by atoms with Crippen LogP contribution < -0.4 is 5.73 Å². The maximum Gasteiger partial charge on any atom is 0.253 e. The average Bonchev–Trinajstić information content (AvgIpc) is 3.09. The summed E-state index contributed by atoms with van der Waals surface area (Å²) in [4.78, 5) is 14.7. The van der Waals surface area contributed by atoms with E-state index in [0.29, 0.717) is 10.5 Å². The monoisotopic (exact) mass is 372 g/mol. The molecule has 0 bridgehead atoms. The molecule has 0 aliphatic carbocycles. The van der Waals surface area contributed by atoms with Gasteiger partial charge in [-0.05, 0) is 43.4 Å². The van der Waals surface area contributed by atoms with Gasteiger partial charge in [-0.1, -0.05) is 12.1 Å². The van der Waals surface area contributed by atoms with Gasteiger partial charge < -0.3 is 10.6 Å². The zero-order valence-electron chi connectivity index (χ0n) is 13.4. The third-order valence-electron chi connectivity index (χ3n) is 4.54.